The maximum atomic E-state index is 12.6. The molecule has 0 saturated carbocycles. The Morgan fingerprint density at radius 3 is 2.69 bits per heavy atom. The van der Waals surface area contributed by atoms with Gasteiger partial charge < -0.3 is 14.6 Å². The highest BCUT2D eigenvalue weighted by Crippen LogP contribution is 2.27. The van der Waals surface area contributed by atoms with Crippen LogP contribution in [-0.2, 0) is 17.8 Å². The van der Waals surface area contributed by atoms with Crippen LogP contribution < -0.4 is 10.1 Å². The van der Waals surface area contributed by atoms with Crippen molar-refractivity contribution >= 4 is 23.4 Å². The summed E-state index contributed by atoms with van der Waals surface area (Å²) in [5.41, 5.74) is 4.05. The van der Waals surface area contributed by atoms with E-state index in [0.717, 1.165) is 45.5 Å². The number of aryl methyl sites for hydroxylation is 2. The highest BCUT2D eigenvalue weighted by molar-refractivity contribution is 7.99. The summed E-state index contributed by atoms with van der Waals surface area (Å²) in [4.78, 5) is 12.6. The first-order chi connectivity index (χ1) is 14.1. The molecule has 2 aromatic carbocycles. The van der Waals surface area contributed by atoms with E-state index in [1.807, 2.05) is 60.9 Å². The summed E-state index contributed by atoms with van der Waals surface area (Å²) in [6.07, 6.45) is 0.874. The smallest absolute Gasteiger partial charge is 0.234 e. The van der Waals surface area contributed by atoms with Gasteiger partial charge in [-0.2, -0.15) is 0 Å². The SMILES string of the molecule is CCc1cccc(C)c1NC(=O)CSc1nnc(-c2cccc(OC)c2)n1CC. The van der Waals surface area contributed by atoms with E-state index < -0.39 is 0 Å². The maximum Gasteiger partial charge on any atom is 0.234 e. The zero-order valence-electron chi connectivity index (χ0n) is 17.2. The quantitative estimate of drug-likeness (QED) is 0.551. The number of thioether (sulfide) groups is 1. The van der Waals surface area contributed by atoms with Crippen LogP contribution in [0.2, 0.25) is 0 Å². The van der Waals surface area contributed by atoms with Crippen molar-refractivity contribution in [2.75, 3.05) is 18.2 Å². The Bertz CT molecular complexity index is 1000. The highest BCUT2D eigenvalue weighted by atomic mass is 32.2. The molecule has 0 radical (unpaired) electrons. The number of nitrogens with one attached hydrogen (secondary N) is 1. The summed E-state index contributed by atoms with van der Waals surface area (Å²) in [5, 5.41) is 12.4. The van der Waals surface area contributed by atoms with Crippen molar-refractivity contribution in [1.82, 2.24) is 14.8 Å². The van der Waals surface area contributed by atoms with Crippen molar-refractivity contribution in [2.24, 2.45) is 0 Å². The lowest BCUT2D eigenvalue weighted by Gasteiger charge is -2.13. The molecule has 29 heavy (non-hydrogen) atoms. The molecule has 3 rings (SSSR count). The molecule has 1 heterocycles. The lowest BCUT2D eigenvalue weighted by molar-refractivity contribution is -0.113. The van der Waals surface area contributed by atoms with Gasteiger partial charge in [0.25, 0.3) is 0 Å². The second kappa shape index (κ2) is 9.60. The molecule has 1 N–H and O–H groups in total. The van der Waals surface area contributed by atoms with Crippen LogP contribution in [0.25, 0.3) is 11.4 Å². The number of anilines is 1. The third-order valence-electron chi connectivity index (χ3n) is 4.70. The fraction of sp³-hybridized carbons (Fsp3) is 0.318. The van der Waals surface area contributed by atoms with Crippen LogP contribution in [0.15, 0.2) is 47.6 Å². The summed E-state index contributed by atoms with van der Waals surface area (Å²) < 4.78 is 7.32. The predicted octanol–water partition coefficient (Wildman–Crippen LogP) is 4.58. The highest BCUT2D eigenvalue weighted by Gasteiger charge is 2.16. The minimum atomic E-state index is -0.0485. The van der Waals surface area contributed by atoms with Gasteiger partial charge in [-0.05, 0) is 43.5 Å². The molecule has 0 aliphatic heterocycles. The van der Waals surface area contributed by atoms with Crippen molar-refractivity contribution in [3.63, 3.8) is 0 Å². The molecule has 0 bridgehead atoms. The number of benzene rings is 2. The maximum absolute atomic E-state index is 12.6. The molecule has 1 aromatic heterocycles. The molecule has 3 aromatic rings. The number of aromatic nitrogens is 3. The van der Waals surface area contributed by atoms with Gasteiger partial charge in [0.2, 0.25) is 5.91 Å². The van der Waals surface area contributed by atoms with E-state index in [9.17, 15) is 4.79 Å². The lowest BCUT2D eigenvalue weighted by Crippen LogP contribution is -2.16. The second-order valence-corrected chi connectivity index (χ2v) is 7.52. The van der Waals surface area contributed by atoms with Gasteiger partial charge in [0.15, 0.2) is 11.0 Å². The van der Waals surface area contributed by atoms with Crippen molar-refractivity contribution < 1.29 is 9.53 Å². The number of carbonyl (C=O) groups excluding carboxylic acids is 1. The Hall–Kier alpha value is -2.80. The summed E-state index contributed by atoms with van der Waals surface area (Å²) in [6.45, 7) is 6.85. The summed E-state index contributed by atoms with van der Waals surface area (Å²) in [7, 11) is 1.64. The molecule has 0 aliphatic rings. The van der Waals surface area contributed by atoms with E-state index in [4.69, 9.17) is 4.74 Å². The first kappa shape index (κ1) is 20.9. The summed E-state index contributed by atoms with van der Waals surface area (Å²) >= 11 is 1.39. The molecule has 6 nitrogen and oxygen atoms in total. The Balaban J connectivity index is 1.73. The van der Waals surface area contributed by atoms with Gasteiger partial charge >= 0.3 is 0 Å². The number of nitrogens with zero attached hydrogens (tertiary/aromatic N) is 3. The Labute approximate surface area is 175 Å². The third kappa shape index (κ3) is 4.79. The van der Waals surface area contributed by atoms with Crippen molar-refractivity contribution in [1.29, 1.82) is 0 Å². The van der Waals surface area contributed by atoms with Crippen LogP contribution in [0.4, 0.5) is 5.69 Å². The van der Waals surface area contributed by atoms with E-state index in [0.29, 0.717) is 6.54 Å². The third-order valence-corrected chi connectivity index (χ3v) is 5.66. The number of hydrogen-bond donors (Lipinski definition) is 1. The molecule has 7 heteroatoms. The van der Waals surface area contributed by atoms with Gasteiger partial charge in [-0.25, -0.2) is 0 Å². The zero-order chi connectivity index (χ0) is 20.8. The van der Waals surface area contributed by atoms with Crippen LogP contribution in [0.3, 0.4) is 0 Å². The lowest BCUT2D eigenvalue weighted by atomic mass is 10.1. The number of amides is 1. The van der Waals surface area contributed by atoms with E-state index >= 15 is 0 Å². The summed E-state index contributed by atoms with van der Waals surface area (Å²) in [5.74, 6) is 1.76. The van der Waals surface area contributed by atoms with E-state index in [-0.39, 0.29) is 11.7 Å². The molecule has 0 unspecified atom stereocenters. The van der Waals surface area contributed by atoms with E-state index in [1.54, 1.807) is 7.11 Å². The second-order valence-electron chi connectivity index (χ2n) is 6.58. The van der Waals surface area contributed by atoms with Gasteiger partial charge in [0.05, 0.1) is 12.9 Å². The normalized spacial score (nSPS) is 10.8. The monoisotopic (exact) mass is 410 g/mol. The molecule has 0 spiro atoms. The number of rotatable bonds is 8. The molecule has 0 saturated heterocycles. The number of para-hydroxylation sites is 1. The van der Waals surface area contributed by atoms with E-state index in [1.165, 1.54) is 11.8 Å². The van der Waals surface area contributed by atoms with Crippen LogP contribution in [0.1, 0.15) is 25.0 Å². The average Bonchev–Trinajstić information content (AvgIpc) is 3.16. The average molecular weight is 411 g/mol. The minimum Gasteiger partial charge on any atom is -0.497 e. The Kier molecular flexibility index (Phi) is 6.93. The Morgan fingerprint density at radius 1 is 1.17 bits per heavy atom. The van der Waals surface area contributed by atoms with Gasteiger partial charge in [0, 0.05) is 17.8 Å². The Morgan fingerprint density at radius 2 is 1.97 bits per heavy atom. The van der Waals surface area contributed by atoms with Crippen LogP contribution >= 0.6 is 11.8 Å². The van der Waals surface area contributed by atoms with Crippen LogP contribution in [0, 0.1) is 6.92 Å². The molecule has 1 amide bonds. The zero-order valence-corrected chi connectivity index (χ0v) is 18.0. The van der Waals surface area contributed by atoms with Crippen LogP contribution in [-0.4, -0.2) is 33.5 Å². The first-order valence-electron chi connectivity index (χ1n) is 9.66. The fourth-order valence-corrected chi connectivity index (χ4v) is 3.97. The molecule has 152 valence electrons. The molecule has 0 fully saturated rings. The van der Waals surface area contributed by atoms with Gasteiger partial charge in [0.1, 0.15) is 5.75 Å². The van der Waals surface area contributed by atoms with Crippen molar-refractivity contribution in [2.45, 2.75) is 38.9 Å². The minimum absolute atomic E-state index is 0.0485. The standard InChI is InChI=1S/C22H26N4O2S/c1-5-16-10-7-9-15(3)20(16)23-19(27)14-29-22-25-24-21(26(22)6-2)17-11-8-12-18(13-17)28-4/h7-13H,5-6,14H2,1-4H3,(H,23,27). The number of methoxy groups -OCH3 is 1. The number of ether oxygens (including phenoxy) is 1. The van der Waals surface area contributed by atoms with E-state index in [2.05, 4.69) is 22.4 Å². The van der Waals surface area contributed by atoms with Crippen LogP contribution in [0.5, 0.6) is 5.75 Å². The molecule has 0 aliphatic carbocycles. The first-order valence-corrected chi connectivity index (χ1v) is 10.6. The molecular formula is C22H26N4O2S. The molecular weight excluding hydrogens is 384 g/mol. The van der Waals surface area contributed by atoms with Gasteiger partial charge in [-0.15, -0.1) is 10.2 Å². The largest absolute Gasteiger partial charge is 0.497 e. The number of hydrogen-bond acceptors (Lipinski definition) is 5. The van der Waals surface area contributed by atoms with Crippen molar-refractivity contribution in [3.8, 4) is 17.1 Å². The molecule has 0 atom stereocenters. The van der Waals surface area contributed by atoms with Crippen molar-refractivity contribution in [3.05, 3.63) is 53.6 Å². The predicted molar refractivity (Wildman–Crippen MR) is 118 cm³/mol. The topological polar surface area (TPSA) is 69.0 Å². The number of carbonyl (C=O) groups is 1. The van der Waals surface area contributed by atoms with Gasteiger partial charge in [-0.1, -0.05) is 49.0 Å². The summed E-state index contributed by atoms with van der Waals surface area (Å²) in [6, 6.07) is 13.8. The fourth-order valence-electron chi connectivity index (χ4n) is 3.16. The van der Waals surface area contributed by atoms with Gasteiger partial charge in [-0.3, -0.25) is 4.79 Å².